The van der Waals surface area contributed by atoms with Gasteiger partial charge in [-0.2, -0.15) is 0 Å². The Morgan fingerprint density at radius 2 is 2.06 bits per heavy atom. The van der Waals surface area contributed by atoms with E-state index in [1.165, 1.54) is 6.20 Å². The van der Waals surface area contributed by atoms with Gasteiger partial charge in [0.15, 0.2) is 5.15 Å². The van der Waals surface area contributed by atoms with Crippen molar-refractivity contribution >= 4 is 17.4 Å². The van der Waals surface area contributed by atoms with Crippen molar-refractivity contribution in [3.8, 4) is 0 Å². The fourth-order valence-corrected chi connectivity index (χ4v) is 1.74. The molecule has 0 aromatic carbocycles. The summed E-state index contributed by atoms with van der Waals surface area (Å²) in [6, 6.07) is 0. The van der Waals surface area contributed by atoms with Crippen molar-refractivity contribution < 1.29 is 8.78 Å². The van der Waals surface area contributed by atoms with E-state index in [9.17, 15) is 13.6 Å². The van der Waals surface area contributed by atoms with Gasteiger partial charge in [-0.25, -0.2) is 13.8 Å². The molecule has 0 bridgehead atoms. The lowest BCUT2D eigenvalue weighted by Crippen LogP contribution is -2.40. The fraction of sp³-hybridized carbons (Fsp3) is 0.556. The maximum Gasteiger partial charge on any atom is 0.285 e. The molecular weight excluding hydrogens is 240 g/mol. The van der Waals surface area contributed by atoms with Gasteiger partial charge in [-0.3, -0.25) is 4.79 Å². The smallest absolute Gasteiger partial charge is 0.285 e. The number of hydrogen-bond donors (Lipinski definition) is 1. The number of alkyl halides is 2. The molecule has 1 aliphatic heterocycles. The highest BCUT2D eigenvalue weighted by molar-refractivity contribution is 6.29. The molecule has 0 unspecified atom stereocenters. The van der Waals surface area contributed by atoms with Crippen LogP contribution in [0.2, 0.25) is 5.15 Å². The monoisotopic (exact) mass is 249 g/mol. The highest BCUT2D eigenvalue weighted by Gasteiger charge is 2.34. The summed E-state index contributed by atoms with van der Waals surface area (Å²) in [6.45, 7) is 0.421. The largest absolute Gasteiger partial charge is 0.355 e. The van der Waals surface area contributed by atoms with Crippen LogP contribution in [0.25, 0.3) is 0 Å². The lowest BCUT2D eigenvalue weighted by Gasteiger charge is -2.32. The highest BCUT2D eigenvalue weighted by atomic mass is 35.5. The van der Waals surface area contributed by atoms with E-state index in [2.05, 4.69) is 9.97 Å². The van der Waals surface area contributed by atoms with Gasteiger partial charge in [0.1, 0.15) is 5.82 Å². The molecule has 1 aromatic rings. The first-order chi connectivity index (χ1) is 7.48. The van der Waals surface area contributed by atoms with Crippen molar-refractivity contribution in [1.29, 1.82) is 0 Å². The van der Waals surface area contributed by atoms with E-state index in [0.717, 1.165) is 0 Å². The average Bonchev–Trinajstić information content (AvgIpc) is 2.22. The zero-order valence-corrected chi connectivity index (χ0v) is 9.10. The molecule has 0 amide bonds. The molecular formula is C9H10ClF2N3O. The first-order valence-electron chi connectivity index (χ1n) is 4.86. The van der Waals surface area contributed by atoms with Gasteiger partial charge in [-0.15, -0.1) is 0 Å². The van der Waals surface area contributed by atoms with E-state index >= 15 is 0 Å². The second-order valence-corrected chi connectivity index (χ2v) is 4.08. The van der Waals surface area contributed by atoms with Crippen LogP contribution in [0.4, 0.5) is 14.6 Å². The minimum Gasteiger partial charge on any atom is -0.355 e. The van der Waals surface area contributed by atoms with Crippen LogP contribution in [-0.2, 0) is 0 Å². The van der Waals surface area contributed by atoms with Crippen LogP contribution in [-0.4, -0.2) is 29.0 Å². The number of H-pyrrole nitrogens is 1. The maximum absolute atomic E-state index is 12.9. The molecule has 0 atom stereocenters. The molecule has 16 heavy (non-hydrogen) atoms. The molecule has 1 aromatic heterocycles. The molecule has 0 aliphatic carbocycles. The van der Waals surface area contributed by atoms with Crippen LogP contribution in [0.5, 0.6) is 0 Å². The molecule has 0 saturated carbocycles. The molecule has 0 spiro atoms. The Hall–Kier alpha value is -1.17. The Labute approximate surface area is 95.2 Å². The molecule has 4 nitrogen and oxygen atoms in total. The molecule has 7 heteroatoms. The van der Waals surface area contributed by atoms with Gasteiger partial charge in [0.2, 0.25) is 0 Å². The second-order valence-electron chi connectivity index (χ2n) is 3.72. The van der Waals surface area contributed by atoms with Crippen LogP contribution < -0.4 is 10.5 Å². The molecule has 1 N–H and O–H groups in total. The van der Waals surface area contributed by atoms with Crippen molar-refractivity contribution in [3.63, 3.8) is 0 Å². The van der Waals surface area contributed by atoms with E-state index in [-0.39, 0.29) is 31.1 Å². The van der Waals surface area contributed by atoms with Crippen LogP contribution >= 0.6 is 11.6 Å². The lowest BCUT2D eigenvalue weighted by molar-refractivity contribution is -0.0221. The van der Waals surface area contributed by atoms with E-state index in [0.29, 0.717) is 5.82 Å². The van der Waals surface area contributed by atoms with Crippen LogP contribution in [0.15, 0.2) is 11.0 Å². The van der Waals surface area contributed by atoms with Crippen molar-refractivity contribution in [3.05, 3.63) is 21.7 Å². The Bertz CT molecular complexity index is 439. The summed E-state index contributed by atoms with van der Waals surface area (Å²) in [5.74, 6) is -2.16. The molecule has 2 rings (SSSR count). The zero-order valence-electron chi connectivity index (χ0n) is 8.34. The number of halogens is 3. The van der Waals surface area contributed by atoms with Crippen LogP contribution in [0.1, 0.15) is 12.8 Å². The van der Waals surface area contributed by atoms with Crippen molar-refractivity contribution in [2.24, 2.45) is 0 Å². The van der Waals surface area contributed by atoms with Crippen LogP contribution in [0.3, 0.4) is 0 Å². The molecule has 1 fully saturated rings. The predicted molar refractivity (Wildman–Crippen MR) is 56.3 cm³/mol. The third-order valence-electron chi connectivity index (χ3n) is 2.55. The normalized spacial score (nSPS) is 19.8. The third kappa shape index (κ3) is 2.32. The third-order valence-corrected chi connectivity index (χ3v) is 2.81. The number of nitrogens with zero attached hydrogens (tertiary/aromatic N) is 2. The summed E-state index contributed by atoms with van der Waals surface area (Å²) in [5.41, 5.74) is -0.479. The predicted octanol–water partition coefficient (Wildman–Crippen LogP) is 1.66. The number of aromatic nitrogens is 2. The molecule has 88 valence electrons. The van der Waals surface area contributed by atoms with E-state index < -0.39 is 11.5 Å². The first-order valence-corrected chi connectivity index (χ1v) is 5.24. The van der Waals surface area contributed by atoms with E-state index in [1.54, 1.807) is 4.90 Å². The average molecular weight is 250 g/mol. The van der Waals surface area contributed by atoms with Gasteiger partial charge in [0, 0.05) is 32.1 Å². The van der Waals surface area contributed by atoms with Crippen LogP contribution in [0, 0.1) is 0 Å². The van der Waals surface area contributed by atoms with Gasteiger partial charge in [0.05, 0.1) is 0 Å². The first kappa shape index (κ1) is 11.3. The molecule has 1 saturated heterocycles. The minimum atomic E-state index is -2.59. The highest BCUT2D eigenvalue weighted by Crippen LogP contribution is 2.29. The number of hydrogen-bond acceptors (Lipinski definition) is 3. The summed E-state index contributed by atoms with van der Waals surface area (Å²) < 4.78 is 25.8. The summed E-state index contributed by atoms with van der Waals surface area (Å²) in [6.07, 6.45) is 0.981. The number of aromatic amines is 1. The molecule has 1 aliphatic rings. The maximum atomic E-state index is 12.9. The number of rotatable bonds is 1. The standard InChI is InChI=1S/C9H10ClF2N3O/c10-7-8(16)13-5-6(14-7)15-3-1-9(11,12)2-4-15/h5H,1-4H2,(H,13,16). The molecule has 2 heterocycles. The summed E-state index contributed by atoms with van der Waals surface area (Å²) >= 11 is 5.56. The number of nitrogens with one attached hydrogen (secondary N) is 1. The van der Waals surface area contributed by atoms with Gasteiger partial charge >= 0.3 is 0 Å². The zero-order chi connectivity index (χ0) is 11.8. The van der Waals surface area contributed by atoms with Gasteiger partial charge in [0.25, 0.3) is 11.5 Å². The van der Waals surface area contributed by atoms with Crippen molar-refractivity contribution in [1.82, 2.24) is 9.97 Å². The minimum absolute atomic E-state index is 0.171. The molecule has 0 radical (unpaired) electrons. The Kier molecular flexibility index (Phi) is 2.84. The SMILES string of the molecule is O=c1[nH]cc(N2CCC(F)(F)CC2)nc1Cl. The van der Waals surface area contributed by atoms with E-state index in [1.807, 2.05) is 0 Å². The van der Waals surface area contributed by atoms with E-state index in [4.69, 9.17) is 11.6 Å². The Morgan fingerprint density at radius 3 is 2.62 bits per heavy atom. The van der Waals surface area contributed by atoms with Gasteiger partial charge in [-0.05, 0) is 0 Å². The Balaban J connectivity index is 2.14. The summed E-state index contributed by atoms with van der Waals surface area (Å²) in [4.78, 5) is 18.9. The second kappa shape index (κ2) is 4.01. The fourth-order valence-electron chi connectivity index (χ4n) is 1.60. The lowest BCUT2D eigenvalue weighted by atomic mass is 10.1. The summed E-state index contributed by atoms with van der Waals surface area (Å²) in [7, 11) is 0. The van der Waals surface area contributed by atoms with Crippen molar-refractivity contribution in [2.75, 3.05) is 18.0 Å². The number of anilines is 1. The van der Waals surface area contributed by atoms with Gasteiger partial charge < -0.3 is 9.88 Å². The quantitative estimate of drug-likeness (QED) is 0.824. The van der Waals surface area contributed by atoms with Gasteiger partial charge in [-0.1, -0.05) is 11.6 Å². The Morgan fingerprint density at radius 1 is 1.44 bits per heavy atom. The number of piperidine rings is 1. The van der Waals surface area contributed by atoms with Crippen molar-refractivity contribution in [2.45, 2.75) is 18.8 Å². The summed E-state index contributed by atoms with van der Waals surface area (Å²) in [5, 5.41) is -0.171. The topological polar surface area (TPSA) is 49.0 Å².